The van der Waals surface area contributed by atoms with Gasteiger partial charge in [-0.25, -0.2) is 4.57 Å². The average Bonchev–Trinajstić information content (AvgIpc) is 2.66. The lowest BCUT2D eigenvalue weighted by Gasteiger charge is -2.15. The van der Waals surface area contributed by atoms with Crippen LogP contribution in [0.3, 0.4) is 0 Å². The minimum atomic E-state index is -4.79. The molecule has 0 aromatic heterocycles. The molecule has 7 N–H and O–H groups in total. The van der Waals surface area contributed by atoms with E-state index in [-0.39, 0.29) is 0 Å². The van der Waals surface area contributed by atoms with Crippen LogP contribution in [0, 0.1) is 0 Å². The Bertz CT molecular complexity index is 345. The molecule has 9 nitrogen and oxygen atoms in total. The van der Waals surface area contributed by atoms with Crippen molar-refractivity contribution in [1.29, 1.82) is 0 Å². The van der Waals surface area contributed by atoms with E-state index in [1.54, 1.807) is 0 Å². The number of phosphoric ester groups is 1. The minimum Gasteiger partial charge on any atom is -0.394 e. The molecule has 126 valence electrons. The first kappa shape index (κ1) is 19.0. The summed E-state index contributed by atoms with van der Waals surface area (Å²) in [6, 6.07) is 0.536. The highest BCUT2D eigenvalue weighted by Crippen LogP contribution is 2.40. The lowest BCUT2D eigenvalue weighted by molar-refractivity contribution is -0.126. The maximum atomic E-state index is 10.4. The number of rotatable bonds is 3. The third-order valence-corrected chi connectivity index (χ3v) is 3.87. The zero-order chi connectivity index (χ0) is 16.0. The summed E-state index contributed by atoms with van der Waals surface area (Å²) in [7, 11) is -4.79. The Morgan fingerprint density at radius 1 is 1.14 bits per heavy atom. The van der Waals surface area contributed by atoms with Crippen LogP contribution in [0.25, 0.3) is 0 Å². The van der Waals surface area contributed by atoms with Gasteiger partial charge in [-0.1, -0.05) is 19.3 Å². The van der Waals surface area contributed by atoms with E-state index in [2.05, 4.69) is 9.26 Å². The molecule has 0 radical (unpaired) electrons. The number of phosphoric acid groups is 1. The molecular formula is C11H24NO8P. The van der Waals surface area contributed by atoms with E-state index < -0.39 is 39.0 Å². The van der Waals surface area contributed by atoms with Gasteiger partial charge in [0.25, 0.3) is 0 Å². The largest absolute Gasteiger partial charge is 0.472 e. The van der Waals surface area contributed by atoms with Crippen LogP contribution in [0.5, 0.6) is 0 Å². The van der Waals surface area contributed by atoms with Gasteiger partial charge in [0.05, 0.1) is 6.61 Å². The molecule has 0 aromatic carbocycles. The summed E-state index contributed by atoms with van der Waals surface area (Å²) >= 11 is 0. The van der Waals surface area contributed by atoms with Gasteiger partial charge in [-0.3, -0.25) is 4.52 Å². The van der Waals surface area contributed by atoms with Crippen LogP contribution in [0.15, 0.2) is 0 Å². The molecular weight excluding hydrogens is 305 g/mol. The van der Waals surface area contributed by atoms with Crippen molar-refractivity contribution in [1.82, 2.24) is 0 Å². The Balaban J connectivity index is 0.000000262. The van der Waals surface area contributed by atoms with Crippen molar-refractivity contribution in [2.75, 3.05) is 6.61 Å². The van der Waals surface area contributed by atoms with Crippen molar-refractivity contribution in [3.8, 4) is 0 Å². The fraction of sp³-hybridized carbons (Fsp3) is 1.00. The summed E-state index contributed by atoms with van der Waals surface area (Å²) < 4.78 is 19.1. The molecule has 10 heteroatoms. The second-order valence-electron chi connectivity index (χ2n) is 5.20. The number of aliphatic hydroxyl groups is 3. The zero-order valence-electron chi connectivity index (χ0n) is 11.6. The lowest BCUT2D eigenvalue weighted by Crippen LogP contribution is -2.34. The van der Waals surface area contributed by atoms with Gasteiger partial charge >= 0.3 is 7.82 Å². The predicted molar refractivity (Wildman–Crippen MR) is 71.9 cm³/mol. The highest BCUT2D eigenvalue weighted by molar-refractivity contribution is 7.46. The molecule has 4 atom stereocenters. The highest BCUT2D eigenvalue weighted by atomic mass is 31.2. The van der Waals surface area contributed by atoms with E-state index >= 15 is 0 Å². The summed E-state index contributed by atoms with van der Waals surface area (Å²) in [5, 5.41) is 26.9. The summed E-state index contributed by atoms with van der Waals surface area (Å²) in [6.07, 6.45) is 0.886. The molecule has 0 amide bonds. The molecule has 1 unspecified atom stereocenters. The van der Waals surface area contributed by atoms with Gasteiger partial charge < -0.3 is 35.6 Å². The van der Waals surface area contributed by atoms with Crippen molar-refractivity contribution in [2.24, 2.45) is 5.73 Å². The number of nitrogens with two attached hydrogens (primary N) is 1. The first-order chi connectivity index (χ1) is 9.74. The minimum absolute atomic E-state index is 0.536. The topological polar surface area (TPSA) is 163 Å². The summed E-state index contributed by atoms with van der Waals surface area (Å²) in [5.74, 6) is 0. The van der Waals surface area contributed by atoms with Gasteiger partial charge in [-0.05, 0) is 12.8 Å². The number of aliphatic hydroxyl groups excluding tert-OH is 3. The molecule has 2 fully saturated rings. The normalized spacial score (nSPS) is 34.4. The Labute approximate surface area is 122 Å². The fourth-order valence-electron chi connectivity index (χ4n) is 2.22. The van der Waals surface area contributed by atoms with E-state index in [4.69, 9.17) is 30.8 Å². The quantitative estimate of drug-likeness (QED) is 0.349. The van der Waals surface area contributed by atoms with E-state index in [9.17, 15) is 4.57 Å². The highest BCUT2D eigenvalue weighted by Gasteiger charge is 2.45. The van der Waals surface area contributed by atoms with Gasteiger partial charge in [0.2, 0.25) is 0 Å². The molecule has 1 aliphatic carbocycles. The number of hydrogen-bond acceptors (Lipinski definition) is 7. The standard InChI is InChI=1S/C6H13N.C5H11O8P/c7-6-4-2-1-3-5-6;6-1-2-3(7)4(8)5(12-2)13-14(9,10)11/h6H,1-5,7H2;2-8H,1H2,(H2,9,10,11)/t;2-,3-,4-,5?/m.1/s1. The Morgan fingerprint density at radius 3 is 2.05 bits per heavy atom. The van der Waals surface area contributed by atoms with Crippen LogP contribution in [-0.2, 0) is 13.8 Å². The Kier molecular flexibility index (Phi) is 7.69. The van der Waals surface area contributed by atoms with E-state index in [1.165, 1.54) is 32.1 Å². The van der Waals surface area contributed by atoms with Crippen LogP contribution < -0.4 is 5.73 Å². The summed E-state index contributed by atoms with van der Waals surface area (Å²) in [6.45, 7) is -0.584. The van der Waals surface area contributed by atoms with Crippen molar-refractivity contribution < 1.29 is 38.9 Å². The maximum absolute atomic E-state index is 10.4. The van der Waals surface area contributed by atoms with Gasteiger partial charge in [0.15, 0.2) is 6.29 Å². The third-order valence-electron chi connectivity index (χ3n) is 3.39. The van der Waals surface area contributed by atoms with Crippen LogP contribution >= 0.6 is 7.82 Å². The first-order valence-electron chi connectivity index (χ1n) is 6.86. The van der Waals surface area contributed by atoms with Gasteiger partial charge in [-0.15, -0.1) is 0 Å². The molecule has 2 aliphatic rings. The van der Waals surface area contributed by atoms with E-state index in [0.717, 1.165) is 0 Å². The van der Waals surface area contributed by atoms with Crippen molar-refractivity contribution in [3.05, 3.63) is 0 Å². The summed E-state index contributed by atoms with van der Waals surface area (Å²) in [4.78, 5) is 16.8. The monoisotopic (exact) mass is 329 g/mol. The molecule has 1 heterocycles. The third kappa shape index (κ3) is 6.68. The molecule has 0 aromatic rings. The van der Waals surface area contributed by atoms with E-state index in [0.29, 0.717) is 6.04 Å². The van der Waals surface area contributed by atoms with Crippen LogP contribution in [0.2, 0.25) is 0 Å². The number of hydrogen-bond donors (Lipinski definition) is 6. The van der Waals surface area contributed by atoms with E-state index in [1.807, 2.05) is 0 Å². The fourth-order valence-corrected chi connectivity index (χ4v) is 2.67. The smallest absolute Gasteiger partial charge is 0.394 e. The molecule has 1 saturated heterocycles. The molecule has 1 saturated carbocycles. The van der Waals surface area contributed by atoms with Crippen LogP contribution in [0.4, 0.5) is 0 Å². The van der Waals surface area contributed by atoms with Crippen molar-refractivity contribution in [2.45, 2.75) is 62.7 Å². The van der Waals surface area contributed by atoms with Gasteiger partial charge in [-0.2, -0.15) is 0 Å². The molecule has 0 bridgehead atoms. The van der Waals surface area contributed by atoms with Crippen LogP contribution in [0.1, 0.15) is 32.1 Å². The summed E-state index contributed by atoms with van der Waals surface area (Å²) in [5.41, 5.74) is 5.63. The second kappa shape index (κ2) is 8.52. The molecule has 0 spiro atoms. The molecule has 2 rings (SSSR count). The maximum Gasteiger partial charge on any atom is 0.472 e. The van der Waals surface area contributed by atoms with Gasteiger partial charge in [0, 0.05) is 6.04 Å². The van der Waals surface area contributed by atoms with Crippen molar-refractivity contribution in [3.63, 3.8) is 0 Å². The molecule has 1 aliphatic heterocycles. The van der Waals surface area contributed by atoms with Crippen molar-refractivity contribution >= 4 is 7.82 Å². The molecule has 21 heavy (non-hydrogen) atoms. The Morgan fingerprint density at radius 2 is 1.71 bits per heavy atom. The zero-order valence-corrected chi connectivity index (χ0v) is 12.5. The van der Waals surface area contributed by atoms with Crippen LogP contribution in [-0.4, -0.2) is 62.4 Å². The predicted octanol–water partition coefficient (Wildman–Crippen LogP) is -1.19. The Hall–Kier alpha value is -0.0900. The lowest BCUT2D eigenvalue weighted by atomic mass is 9.97. The van der Waals surface area contributed by atoms with Gasteiger partial charge in [0.1, 0.15) is 18.3 Å². The average molecular weight is 329 g/mol. The second-order valence-corrected chi connectivity index (χ2v) is 6.39. The SMILES string of the molecule is NC1CCCCC1.O=P(O)(O)OC1O[C@H](CO)[C@@H](O)[C@H]1O. The number of ether oxygens (including phenoxy) is 1. The first-order valence-corrected chi connectivity index (χ1v) is 8.39.